The molecule has 0 radical (unpaired) electrons. The van der Waals surface area contributed by atoms with E-state index < -0.39 is 17.8 Å². The Morgan fingerprint density at radius 2 is 2.08 bits per heavy atom. The molecule has 1 aliphatic carbocycles. The minimum atomic E-state index is -1.07. The van der Waals surface area contributed by atoms with Gasteiger partial charge in [-0.15, -0.1) is 0 Å². The first-order chi connectivity index (χ1) is 11.6. The highest BCUT2D eigenvalue weighted by atomic mass is 35.5. The third-order valence-corrected chi connectivity index (χ3v) is 4.79. The summed E-state index contributed by atoms with van der Waals surface area (Å²) in [6, 6.07) is 5.73. The number of hydrogen-bond donors (Lipinski definition) is 0. The van der Waals surface area contributed by atoms with Gasteiger partial charge in [0.2, 0.25) is 0 Å². The Balaban J connectivity index is 1.78. The van der Waals surface area contributed by atoms with Crippen LogP contribution in [0, 0.1) is 5.82 Å². The van der Waals surface area contributed by atoms with Gasteiger partial charge in [0, 0.05) is 5.56 Å². The molecular formula is C16H13ClF2N4O. The molecule has 124 valence electrons. The van der Waals surface area contributed by atoms with Crippen LogP contribution in [0.5, 0.6) is 0 Å². The zero-order valence-electron chi connectivity index (χ0n) is 12.5. The van der Waals surface area contributed by atoms with Crippen LogP contribution in [0.4, 0.5) is 8.78 Å². The van der Waals surface area contributed by atoms with Gasteiger partial charge in [-0.05, 0) is 18.9 Å². The maximum absolute atomic E-state index is 13.8. The number of fused-ring (bicyclic) bond motifs is 1. The summed E-state index contributed by atoms with van der Waals surface area (Å²) < 4.78 is 29.9. The van der Waals surface area contributed by atoms with Gasteiger partial charge in [0.05, 0.1) is 24.2 Å². The number of halogens is 3. The second-order valence-electron chi connectivity index (χ2n) is 5.86. The number of rotatable bonds is 3. The number of alkyl halides is 1. The van der Waals surface area contributed by atoms with Crippen molar-refractivity contribution in [3.8, 4) is 0 Å². The van der Waals surface area contributed by atoms with Crippen LogP contribution in [0.15, 0.2) is 35.3 Å². The molecule has 0 amide bonds. The van der Waals surface area contributed by atoms with E-state index in [1.165, 1.54) is 16.9 Å². The van der Waals surface area contributed by atoms with Gasteiger partial charge in [0.25, 0.3) is 5.56 Å². The Labute approximate surface area is 140 Å². The van der Waals surface area contributed by atoms with E-state index in [0.717, 1.165) is 4.68 Å². The van der Waals surface area contributed by atoms with Crippen molar-refractivity contribution in [3.63, 3.8) is 0 Å². The minimum absolute atomic E-state index is 0.0921. The third kappa shape index (κ3) is 2.31. The molecule has 4 rings (SSSR count). The maximum Gasteiger partial charge on any atom is 0.295 e. The van der Waals surface area contributed by atoms with Crippen LogP contribution in [-0.2, 0) is 6.54 Å². The molecule has 0 spiro atoms. The van der Waals surface area contributed by atoms with Crippen LogP contribution in [0.2, 0.25) is 5.15 Å². The van der Waals surface area contributed by atoms with Crippen molar-refractivity contribution < 1.29 is 8.78 Å². The van der Waals surface area contributed by atoms with E-state index in [-0.39, 0.29) is 23.0 Å². The van der Waals surface area contributed by atoms with Crippen LogP contribution >= 0.6 is 11.6 Å². The predicted molar refractivity (Wildman–Crippen MR) is 85.5 cm³/mol. The summed E-state index contributed by atoms with van der Waals surface area (Å²) in [5.74, 6) is -0.376. The fraction of sp³-hybridized carbons (Fsp3) is 0.312. The molecule has 1 fully saturated rings. The lowest BCUT2D eigenvalue weighted by Crippen LogP contribution is -2.38. The molecular weight excluding hydrogens is 338 g/mol. The first kappa shape index (κ1) is 15.3. The van der Waals surface area contributed by atoms with Gasteiger partial charge < -0.3 is 0 Å². The summed E-state index contributed by atoms with van der Waals surface area (Å²) in [6.07, 6.45) is 1.35. The van der Waals surface area contributed by atoms with Crippen LogP contribution in [-0.4, -0.2) is 25.7 Å². The summed E-state index contributed by atoms with van der Waals surface area (Å²) >= 11 is 6.26. The van der Waals surface area contributed by atoms with E-state index in [1.807, 2.05) is 0 Å². The Hall–Kier alpha value is -2.28. The molecule has 5 nitrogen and oxygen atoms in total. The normalized spacial score (nSPS) is 20.3. The average Bonchev–Trinajstić information content (AvgIpc) is 2.88. The molecule has 2 heterocycles. The summed E-state index contributed by atoms with van der Waals surface area (Å²) in [7, 11) is 0. The van der Waals surface area contributed by atoms with Gasteiger partial charge >= 0.3 is 0 Å². The van der Waals surface area contributed by atoms with Crippen LogP contribution in [0.1, 0.15) is 24.4 Å². The van der Waals surface area contributed by atoms with Gasteiger partial charge in [-0.1, -0.05) is 29.8 Å². The van der Waals surface area contributed by atoms with Gasteiger partial charge in [-0.25, -0.2) is 18.1 Å². The Kier molecular flexibility index (Phi) is 3.60. The molecule has 1 saturated carbocycles. The number of aromatic nitrogens is 4. The van der Waals surface area contributed by atoms with Crippen LogP contribution in [0.25, 0.3) is 10.9 Å². The highest BCUT2D eigenvalue weighted by Crippen LogP contribution is 2.33. The molecule has 3 aromatic rings. The quantitative estimate of drug-likeness (QED) is 0.729. The number of nitrogens with zero attached hydrogens (tertiary/aromatic N) is 4. The third-order valence-electron chi connectivity index (χ3n) is 4.39. The summed E-state index contributed by atoms with van der Waals surface area (Å²) in [6.45, 7) is 0.0921. The molecule has 1 aromatic carbocycles. The van der Waals surface area contributed by atoms with E-state index in [4.69, 9.17) is 11.6 Å². The van der Waals surface area contributed by atoms with E-state index in [0.29, 0.717) is 23.8 Å². The lowest BCUT2D eigenvalue weighted by molar-refractivity contribution is 0.106. The fourth-order valence-electron chi connectivity index (χ4n) is 2.85. The molecule has 0 unspecified atom stereocenters. The summed E-state index contributed by atoms with van der Waals surface area (Å²) in [5, 5.41) is 8.81. The van der Waals surface area contributed by atoms with Crippen LogP contribution in [0.3, 0.4) is 0 Å². The SMILES string of the molecule is O=c1c2nn(Cc3ccccc3F)c(Cl)c2cnn1[C@@H]1CC[C@@H]1F. The molecule has 0 bridgehead atoms. The van der Waals surface area contributed by atoms with E-state index >= 15 is 0 Å². The molecule has 0 N–H and O–H groups in total. The molecule has 24 heavy (non-hydrogen) atoms. The second kappa shape index (κ2) is 5.66. The Morgan fingerprint density at radius 1 is 1.29 bits per heavy atom. The maximum atomic E-state index is 13.8. The first-order valence-electron chi connectivity index (χ1n) is 7.57. The first-order valence-corrected chi connectivity index (χ1v) is 7.95. The molecule has 2 atom stereocenters. The summed E-state index contributed by atoms with van der Waals surface area (Å²) in [4.78, 5) is 12.5. The topological polar surface area (TPSA) is 52.7 Å². The highest BCUT2D eigenvalue weighted by Gasteiger charge is 2.34. The number of benzene rings is 1. The van der Waals surface area contributed by atoms with Gasteiger partial charge in [0.15, 0.2) is 5.52 Å². The monoisotopic (exact) mass is 350 g/mol. The molecule has 0 saturated heterocycles. The smallest absolute Gasteiger partial charge is 0.265 e. The van der Waals surface area contributed by atoms with Gasteiger partial charge in [0.1, 0.15) is 17.1 Å². The van der Waals surface area contributed by atoms with Crippen molar-refractivity contribution in [2.75, 3.05) is 0 Å². The number of hydrogen-bond acceptors (Lipinski definition) is 3. The standard InChI is InChI=1S/C16H13ClF2N4O/c17-15-10-7-20-23(13-6-5-12(13)19)16(24)14(10)21-22(15)8-9-3-1-2-4-11(9)18/h1-4,7,12-13H,5-6,8H2/t12-,13+/m0/s1. The second-order valence-corrected chi connectivity index (χ2v) is 6.22. The average molecular weight is 351 g/mol. The van der Waals surface area contributed by atoms with Crippen molar-refractivity contribution in [1.29, 1.82) is 0 Å². The van der Waals surface area contributed by atoms with Crippen LogP contribution < -0.4 is 5.56 Å². The highest BCUT2D eigenvalue weighted by molar-refractivity contribution is 6.34. The molecule has 0 aliphatic heterocycles. The zero-order valence-corrected chi connectivity index (χ0v) is 13.2. The largest absolute Gasteiger partial charge is 0.295 e. The van der Waals surface area contributed by atoms with Crippen molar-refractivity contribution >= 4 is 22.5 Å². The van der Waals surface area contributed by atoms with Gasteiger partial charge in [-0.3, -0.25) is 4.79 Å². The Bertz CT molecular complexity index is 984. The molecule has 8 heteroatoms. The minimum Gasteiger partial charge on any atom is -0.265 e. The fourth-order valence-corrected chi connectivity index (χ4v) is 3.09. The Morgan fingerprint density at radius 3 is 2.75 bits per heavy atom. The lowest BCUT2D eigenvalue weighted by atomic mass is 9.91. The molecule has 2 aromatic heterocycles. The van der Waals surface area contributed by atoms with Crippen molar-refractivity contribution in [2.24, 2.45) is 0 Å². The van der Waals surface area contributed by atoms with E-state index in [2.05, 4.69) is 10.2 Å². The van der Waals surface area contributed by atoms with Gasteiger partial charge in [-0.2, -0.15) is 10.2 Å². The zero-order chi connectivity index (χ0) is 16.8. The lowest BCUT2D eigenvalue weighted by Gasteiger charge is -2.30. The van der Waals surface area contributed by atoms with Crippen molar-refractivity contribution in [1.82, 2.24) is 19.6 Å². The predicted octanol–water partition coefficient (Wildman–Crippen LogP) is 3.11. The summed E-state index contributed by atoms with van der Waals surface area (Å²) in [5.41, 5.74) is 0.0442. The van der Waals surface area contributed by atoms with Crippen molar-refractivity contribution in [2.45, 2.75) is 31.6 Å². The molecule has 1 aliphatic rings. The van der Waals surface area contributed by atoms with Crippen molar-refractivity contribution in [3.05, 3.63) is 57.3 Å². The van der Waals surface area contributed by atoms with E-state index in [1.54, 1.807) is 18.2 Å². The van der Waals surface area contributed by atoms with E-state index in [9.17, 15) is 13.6 Å².